The summed E-state index contributed by atoms with van der Waals surface area (Å²) in [6, 6.07) is 33.2. The molecule has 0 fully saturated rings. The maximum Gasteiger partial charge on any atom is 0.263 e. The Hall–Kier alpha value is -4.72. The molecule has 6 aromatic rings. The van der Waals surface area contributed by atoms with Crippen LogP contribution in [-0.4, -0.2) is 35.5 Å². The summed E-state index contributed by atoms with van der Waals surface area (Å²) in [6.07, 6.45) is 1.70. The topological polar surface area (TPSA) is 60.2 Å². The van der Waals surface area contributed by atoms with Crippen molar-refractivity contribution in [1.82, 2.24) is 9.30 Å². The van der Waals surface area contributed by atoms with Crippen LogP contribution in [0.2, 0.25) is 0 Å². The fraction of sp³-hybridized carbons (Fsp3) is 0.143. The molecule has 0 unspecified atom stereocenters. The zero-order chi connectivity index (χ0) is 28.9. The molecule has 7 heteroatoms. The lowest BCUT2D eigenvalue weighted by Gasteiger charge is -2.23. The number of hydrogen-bond acceptors (Lipinski definition) is 5. The molecule has 0 N–H and O–H groups in total. The normalized spacial score (nSPS) is 11.2. The molecule has 42 heavy (non-hydrogen) atoms. The first-order valence-corrected chi connectivity index (χ1v) is 14.7. The number of carbonyl (C=O) groups is 1. The lowest BCUT2D eigenvalue weighted by molar-refractivity contribution is 0.0682. The number of ether oxygens (including phenoxy) is 2. The first kappa shape index (κ1) is 27.4. The summed E-state index contributed by atoms with van der Waals surface area (Å²) in [5.74, 6) is 0.588. The number of nitrogens with zero attached hydrogens (tertiary/aromatic N) is 2. The summed E-state index contributed by atoms with van der Waals surface area (Å²) in [6.45, 7) is 1.76. The van der Waals surface area contributed by atoms with Crippen LogP contribution in [0.4, 0.5) is 0 Å². The first-order chi connectivity index (χ1) is 20.6. The summed E-state index contributed by atoms with van der Waals surface area (Å²) in [7, 11) is 1.63. The number of rotatable bonds is 10. The molecular formula is C35H30N2O4S. The van der Waals surface area contributed by atoms with E-state index >= 15 is 0 Å². The second-order valence-corrected chi connectivity index (χ2v) is 10.9. The molecule has 3 aromatic heterocycles. The van der Waals surface area contributed by atoms with Gasteiger partial charge in [0.2, 0.25) is 0 Å². The molecule has 0 aliphatic heterocycles. The van der Waals surface area contributed by atoms with E-state index in [1.807, 2.05) is 109 Å². The van der Waals surface area contributed by atoms with E-state index in [1.165, 1.54) is 11.3 Å². The average molecular weight is 575 g/mol. The van der Waals surface area contributed by atoms with E-state index in [0.717, 1.165) is 38.0 Å². The second kappa shape index (κ2) is 12.4. The molecule has 0 saturated carbocycles. The van der Waals surface area contributed by atoms with Crippen LogP contribution in [0.25, 0.3) is 26.7 Å². The SMILES string of the molecule is COCCN(Cc1ccccc1)C(=O)c1cn2c(=O)c(-c3ccc(OCc4ccccc4)cc3)ccc2c2sccc12. The Morgan fingerprint density at radius 1 is 0.857 bits per heavy atom. The van der Waals surface area contributed by atoms with Crippen LogP contribution in [0.15, 0.2) is 119 Å². The van der Waals surface area contributed by atoms with Crippen molar-refractivity contribution in [2.75, 3.05) is 20.3 Å². The number of carbonyl (C=O) groups excluding carboxylic acids is 1. The average Bonchev–Trinajstić information content (AvgIpc) is 3.53. The van der Waals surface area contributed by atoms with Crippen LogP contribution in [0.1, 0.15) is 21.5 Å². The van der Waals surface area contributed by atoms with Crippen molar-refractivity contribution in [3.05, 3.63) is 142 Å². The van der Waals surface area contributed by atoms with Crippen molar-refractivity contribution in [2.45, 2.75) is 13.2 Å². The van der Waals surface area contributed by atoms with Crippen LogP contribution < -0.4 is 10.3 Å². The van der Waals surface area contributed by atoms with Crippen molar-refractivity contribution in [1.29, 1.82) is 0 Å². The lowest BCUT2D eigenvalue weighted by atomic mass is 10.1. The third-order valence-electron chi connectivity index (χ3n) is 7.28. The fourth-order valence-corrected chi connectivity index (χ4v) is 6.01. The van der Waals surface area contributed by atoms with Crippen LogP contribution >= 0.6 is 11.3 Å². The number of pyridine rings is 2. The molecule has 6 nitrogen and oxygen atoms in total. The van der Waals surface area contributed by atoms with E-state index in [2.05, 4.69) is 0 Å². The van der Waals surface area contributed by atoms with Gasteiger partial charge in [-0.1, -0.05) is 72.8 Å². The van der Waals surface area contributed by atoms with E-state index in [0.29, 0.717) is 37.4 Å². The molecule has 210 valence electrons. The Kier molecular flexibility index (Phi) is 8.12. The molecular weight excluding hydrogens is 544 g/mol. The maximum absolute atomic E-state index is 14.0. The third kappa shape index (κ3) is 5.70. The van der Waals surface area contributed by atoms with Crippen molar-refractivity contribution in [3.8, 4) is 16.9 Å². The molecule has 0 saturated heterocycles. The number of hydrogen-bond donors (Lipinski definition) is 0. The molecule has 0 aliphatic carbocycles. The van der Waals surface area contributed by atoms with Gasteiger partial charge in [0.05, 0.1) is 22.4 Å². The van der Waals surface area contributed by atoms with Gasteiger partial charge in [0, 0.05) is 37.3 Å². The summed E-state index contributed by atoms with van der Waals surface area (Å²) in [5.41, 5.74) is 4.54. The van der Waals surface area contributed by atoms with Gasteiger partial charge in [-0.15, -0.1) is 11.3 Å². The van der Waals surface area contributed by atoms with Gasteiger partial charge in [0.25, 0.3) is 11.5 Å². The Morgan fingerprint density at radius 3 is 2.29 bits per heavy atom. The smallest absolute Gasteiger partial charge is 0.263 e. The minimum absolute atomic E-state index is 0.140. The molecule has 0 spiro atoms. The minimum atomic E-state index is -0.179. The molecule has 3 heterocycles. The summed E-state index contributed by atoms with van der Waals surface area (Å²) >= 11 is 1.53. The van der Waals surface area contributed by atoms with Crippen molar-refractivity contribution >= 4 is 32.8 Å². The fourth-order valence-electron chi connectivity index (χ4n) is 5.07. The zero-order valence-corrected chi connectivity index (χ0v) is 24.1. The van der Waals surface area contributed by atoms with E-state index in [4.69, 9.17) is 9.47 Å². The van der Waals surface area contributed by atoms with Gasteiger partial charge in [-0.2, -0.15) is 0 Å². The standard InChI is InChI=1S/C35H30N2O4S/c1-40-20-19-36(22-25-8-4-2-5-9-25)34(38)31-23-37-32(33-30(31)18-21-42-33)17-16-29(35(37)39)27-12-14-28(15-13-27)41-24-26-10-6-3-7-11-26/h2-18,21,23H,19-20,22,24H2,1H3. The largest absolute Gasteiger partial charge is 0.489 e. The molecule has 0 atom stereocenters. The Bertz CT molecular complexity index is 1880. The first-order valence-electron chi connectivity index (χ1n) is 13.8. The highest BCUT2D eigenvalue weighted by atomic mass is 32.1. The number of amides is 1. The number of aromatic nitrogens is 1. The molecule has 0 bridgehead atoms. The van der Waals surface area contributed by atoms with Gasteiger partial charge in [-0.25, -0.2) is 0 Å². The van der Waals surface area contributed by atoms with Crippen molar-refractivity contribution in [2.24, 2.45) is 0 Å². The molecule has 6 rings (SSSR count). The third-order valence-corrected chi connectivity index (χ3v) is 8.21. The second-order valence-electron chi connectivity index (χ2n) is 10.0. The van der Waals surface area contributed by atoms with Crippen molar-refractivity contribution in [3.63, 3.8) is 0 Å². The molecule has 0 radical (unpaired) electrons. The van der Waals surface area contributed by atoms with E-state index in [9.17, 15) is 9.59 Å². The van der Waals surface area contributed by atoms with Gasteiger partial charge in [0.15, 0.2) is 0 Å². The highest BCUT2D eigenvalue weighted by Crippen LogP contribution is 2.31. The number of methoxy groups -OCH3 is 1. The zero-order valence-electron chi connectivity index (χ0n) is 23.2. The van der Waals surface area contributed by atoms with E-state index < -0.39 is 0 Å². The Balaban J connectivity index is 1.34. The van der Waals surface area contributed by atoms with Gasteiger partial charge in [0.1, 0.15) is 12.4 Å². The van der Waals surface area contributed by atoms with Crippen LogP contribution in [0, 0.1) is 0 Å². The molecule has 0 aliphatic rings. The van der Waals surface area contributed by atoms with E-state index in [-0.39, 0.29) is 11.5 Å². The van der Waals surface area contributed by atoms with Gasteiger partial charge in [-0.05, 0) is 52.4 Å². The van der Waals surface area contributed by atoms with Gasteiger partial charge >= 0.3 is 0 Å². The number of thiophene rings is 1. The van der Waals surface area contributed by atoms with Gasteiger partial charge < -0.3 is 14.4 Å². The highest BCUT2D eigenvalue weighted by molar-refractivity contribution is 7.18. The molecule has 1 amide bonds. The number of fused-ring (bicyclic) bond motifs is 3. The number of benzene rings is 3. The summed E-state index contributed by atoms with van der Waals surface area (Å²) in [5, 5.41) is 2.80. The van der Waals surface area contributed by atoms with Crippen molar-refractivity contribution < 1.29 is 14.3 Å². The predicted molar refractivity (Wildman–Crippen MR) is 168 cm³/mol. The maximum atomic E-state index is 14.0. The van der Waals surface area contributed by atoms with E-state index in [1.54, 1.807) is 22.6 Å². The minimum Gasteiger partial charge on any atom is -0.489 e. The van der Waals surface area contributed by atoms with Crippen LogP contribution in [0.3, 0.4) is 0 Å². The summed E-state index contributed by atoms with van der Waals surface area (Å²) < 4.78 is 13.8. The quantitative estimate of drug-likeness (QED) is 0.176. The summed E-state index contributed by atoms with van der Waals surface area (Å²) in [4.78, 5) is 29.7. The monoisotopic (exact) mass is 574 g/mol. The van der Waals surface area contributed by atoms with Crippen LogP contribution in [0.5, 0.6) is 5.75 Å². The molecule has 3 aromatic carbocycles. The van der Waals surface area contributed by atoms with Crippen LogP contribution in [-0.2, 0) is 17.9 Å². The predicted octanol–water partition coefficient (Wildman–Crippen LogP) is 7.05. The Labute approximate surface area is 248 Å². The lowest BCUT2D eigenvalue weighted by Crippen LogP contribution is -2.34. The van der Waals surface area contributed by atoms with Gasteiger partial charge in [-0.3, -0.25) is 14.0 Å². The Morgan fingerprint density at radius 2 is 1.57 bits per heavy atom. The highest BCUT2D eigenvalue weighted by Gasteiger charge is 2.22.